The Hall–Kier alpha value is -3.53. The summed E-state index contributed by atoms with van der Waals surface area (Å²) in [5.41, 5.74) is 0.0995. The topological polar surface area (TPSA) is 112 Å². The van der Waals surface area contributed by atoms with E-state index in [1.807, 2.05) is 30.5 Å². The summed E-state index contributed by atoms with van der Waals surface area (Å²) in [5.74, 6) is 1.49. The van der Waals surface area contributed by atoms with Crippen LogP contribution >= 0.6 is 11.8 Å². The van der Waals surface area contributed by atoms with Crippen molar-refractivity contribution in [2.45, 2.75) is 11.4 Å². The van der Waals surface area contributed by atoms with Crippen molar-refractivity contribution in [3.63, 3.8) is 0 Å². The molecule has 1 aliphatic heterocycles. The number of rotatable bonds is 4. The van der Waals surface area contributed by atoms with Gasteiger partial charge in [-0.1, -0.05) is 5.16 Å². The number of thioether (sulfide) groups is 1. The van der Waals surface area contributed by atoms with E-state index >= 15 is 0 Å². The van der Waals surface area contributed by atoms with Crippen LogP contribution in [0.3, 0.4) is 0 Å². The summed E-state index contributed by atoms with van der Waals surface area (Å²) in [6.07, 6.45) is 1.99. The average molecular weight is 410 g/mol. The Morgan fingerprint density at radius 3 is 2.66 bits per heavy atom. The number of hydrogen-bond acceptors (Lipinski definition) is 8. The molecule has 146 valence electrons. The Morgan fingerprint density at radius 1 is 1.14 bits per heavy atom. The summed E-state index contributed by atoms with van der Waals surface area (Å²) < 4.78 is 16.9. The first kappa shape index (κ1) is 17.6. The zero-order valence-electron chi connectivity index (χ0n) is 15.2. The van der Waals surface area contributed by atoms with E-state index in [0.717, 1.165) is 15.0 Å². The van der Waals surface area contributed by atoms with Gasteiger partial charge >= 0.3 is 5.69 Å². The van der Waals surface area contributed by atoms with Crippen LogP contribution in [0, 0.1) is 0 Å². The van der Waals surface area contributed by atoms with Gasteiger partial charge in [0, 0.05) is 16.5 Å². The third-order valence-electron chi connectivity index (χ3n) is 4.58. The molecule has 0 saturated carbocycles. The van der Waals surface area contributed by atoms with E-state index in [1.54, 1.807) is 23.9 Å². The number of aromatic nitrogens is 4. The smallest absolute Gasteiger partial charge is 0.329 e. The number of nitrogens with one attached hydrogen (secondary N) is 1. The Kier molecular flexibility index (Phi) is 4.13. The molecule has 0 amide bonds. The first-order chi connectivity index (χ1) is 14.1. The molecule has 29 heavy (non-hydrogen) atoms. The van der Waals surface area contributed by atoms with Crippen molar-refractivity contribution in [3.05, 3.63) is 63.1 Å². The predicted molar refractivity (Wildman–Crippen MR) is 106 cm³/mol. The SMILES string of the molecule is CSc1ccc(-c2noc(Cn3c(=O)[nH]c4cc5c(cc4c3=O)OCO5)n2)cc1. The Bertz CT molecular complexity index is 1340. The molecular weight excluding hydrogens is 396 g/mol. The molecule has 2 aromatic heterocycles. The molecule has 2 aromatic carbocycles. The third kappa shape index (κ3) is 3.07. The summed E-state index contributed by atoms with van der Waals surface area (Å²) >= 11 is 1.63. The lowest BCUT2D eigenvalue weighted by atomic mass is 10.2. The molecule has 5 rings (SSSR count). The van der Waals surface area contributed by atoms with Crippen LogP contribution in [0.1, 0.15) is 5.89 Å². The van der Waals surface area contributed by atoms with Gasteiger partial charge in [-0.25, -0.2) is 4.79 Å². The van der Waals surface area contributed by atoms with Crippen molar-refractivity contribution >= 4 is 22.7 Å². The second kappa shape index (κ2) is 6.82. The van der Waals surface area contributed by atoms with E-state index in [0.29, 0.717) is 28.2 Å². The lowest BCUT2D eigenvalue weighted by Crippen LogP contribution is -2.35. The number of nitrogens with zero attached hydrogens (tertiary/aromatic N) is 3. The fraction of sp³-hybridized carbons (Fsp3) is 0.158. The summed E-state index contributed by atoms with van der Waals surface area (Å²) in [5, 5.41) is 4.26. The molecule has 0 atom stereocenters. The van der Waals surface area contributed by atoms with E-state index in [9.17, 15) is 9.59 Å². The molecule has 0 fully saturated rings. The fourth-order valence-electron chi connectivity index (χ4n) is 3.10. The number of H-pyrrole nitrogens is 1. The van der Waals surface area contributed by atoms with Crippen molar-refractivity contribution in [1.82, 2.24) is 19.7 Å². The molecule has 0 saturated heterocycles. The molecule has 3 heterocycles. The van der Waals surface area contributed by atoms with Crippen molar-refractivity contribution in [2.24, 2.45) is 0 Å². The van der Waals surface area contributed by atoms with Gasteiger partial charge in [0.2, 0.25) is 18.5 Å². The van der Waals surface area contributed by atoms with Crippen LogP contribution in [0.2, 0.25) is 0 Å². The Labute approximate surface area is 167 Å². The zero-order chi connectivity index (χ0) is 20.0. The van der Waals surface area contributed by atoms with Gasteiger partial charge in [0.05, 0.1) is 10.9 Å². The fourth-order valence-corrected chi connectivity index (χ4v) is 3.51. The normalized spacial score (nSPS) is 12.6. The summed E-state index contributed by atoms with van der Waals surface area (Å²) in [6.45, 7) is -0.0682. The molecule has 0 unspecified atom stereocenters. The average Bonchev–Trinajstić information content (AvgIpc) is 3.39. The van der Waals surface area contributed by atoms with Gasteiger partial charge < -0.3 is 19.0 Å². The molecule has 1 N–H and O–H groups in total. The summed E-state index contributed by atoms with van der Waals surface area (Å²) in [4.78, 5) is 33.4. The molecular formula is C19H14N4O5S. The van der Waals surface area contributed by atoms with Crippen molar-refractivity contribution < 1.29 is 14.0 Å². The Morgan fingerprint density at radius 2 is 1.90 bits per heavy atom. The predicted octanol–water partition coefficient (Wildman–Crippen LogP) is 2.24. The van der Waals surface area contributed by atoms with Crippen LogP contribution in [-0.2, 0) is 6.54 Å². The second-order valence-electron chi connectivity index (χ2n) is 6.31. The van der Waals surface area contributed by atoms with E-state index in [2.05, 4.69) is 15.1 Å². The maximum absolute atomic E-state index is 12.9. The van der Waals surface area contributed by atoms with Gasteiger partial charge in [0.15, 0.2) is 11.5 Å². The minimum Gasteiger partial charge on any atom is -0.454 e. The van der Waals surface area contributed by atoms with E-state index in [4.69, 9.17) is 14.0 Å². The van der Waals surface area contributed by atoms with Crippen LogP contribution in [0.25, 0.3) is 22.3 Å². The van der Waals surface area contributed by atoms with Crippen LogP contribution < -0.4 is 20.7 Å². The molecule has 1 aliphatic rings. The molecule has 0 aliphatic carbocycles. The van der Waals surface area contributed by atoms with Crippen molar-refractivity contribution in [1.29, 1.82) is 0 Å². The zero-order valence-corrected chi connectivity index (χ0v) is 16.0. The summed E-state index contributed by atoms with van der Waals surface area (Å²) in [6, 6.07) is 10.8. The van der Waals surface area contributed by atoms with E-state index in [-0.39, 0.29) is 19.2 Å². The highest BCUT2D eigenvalue weighted by atomic mass is 32.2. The van der Waals surface area contributed by atoms with Crippen LogP contribution in [0.5, 0.6) is 11.5 Å². The highest BCUT2D eigenvalue weighted by molar-refractivity contribution is 7.98. The molecule has 0 bridgehead atoms. The summed E-state index contributed by atoms with van der Waals surface area (Å²) in [7, 11) is 0. The molecule has 10 heteroatoms. The lowest BCUT2D eigenvalue weighted by molar-refractivity contribution is 0.174. The molecule has 9 nitrogen and oxygen atoms in total. The third-order valence-corrected chi connectivity index (χ3v) is 5.33. The van der Waals surface area contributed by atoms with E-state index in [1.165, 1.54) is 0 Å². The maximum atomic E-state index is 12.9. The minimum absolute atomic E-state index is 0.0762. The standard InChI is InChI=1S/C19H14N4O5S/c1-29-11-4-2-10(3-5-11)17-21-16(28-22-17)8-23-18(24)12-6-14-15(27-9-26-14)7-13(12)20-19(23)25/h2-7H,8-9H2,1H3,(H,20,25). The largest absolute Gasteiger partial charge is 0.454 e. The first-order valence-electron chi connectivity index (χ1n) is 8.66. The van der Waals surface area contributed by atoms with Crippen molar-refractivity contribution in [3.8, 4) is 22.9 Å². The monoisotopic (exact) mass is 410 g/mol. The maximum Gasteiger partial charge on any atom is 0.329 e. The van der Waals surface area contributed by atoms with Gasteiger partial charge in [0.1, 0.15) is 6.54 Å². The van der Waals surface area contributed by atoms with Gasteiger partial charge in [-0.2, -0.15) is 4.98 Å². The van der Waals surface area contributed by atoms with Gasteiger partial charge in [-0.3, -0.25) is 9.36 Å². The number of benzene rings is 2. The van der Waals surface area contributed by atoms with Gasteiger partial charge in [-0.15, -0.1) is 11.8 Å². The van der Waals surface area contributed by atoms with Crippen molar-refractivity contribution in [2.75, 3.05) is 13.0 Å². The van der Waals surface area contributed by atoms with E-state index < -0.39 is 11.2 Å². The highest BCUT2D eigenvalue weighted by Gasteiger charge is 2.19. The highest BCUT2D eigenvalue weighted by Crippen LogP contribution is 2.34. The number of fused-ring (bicyclic) bond motifs is 2. The number of aromatic amines is 1. The second-order valence-corrected chi connectivity index (χ2v) is 7.19. The molecule has 4 aromatic rings. The molecule has 0 radical (unpaired) electrons. The van der Waals surface area contributed by atoms with Gasteiger partial charge in [-0.05, 0) is 36.6 Å². The Balaban J connectivity index is 1.50. The van der Waals surface area contributed by atoms with Gasteiger partial charge in [0.25, 0.3) is 5.56 Å². The molecule has 0 spiro atoms. The van der Waals surface area contributed by atoms with Crippen LogP contribution in [0.15, 0.2) is 55.4 Å². The van der Waals surface area contributed by atoms with Crippen LogP contribution in [0.4, 0.5) is 0 Å². The first-order valence-corrected chi connectivity index (χ1v) is 9.88. The van der Waals surface area contributed by atoms with Crippen LogP contribution in [-0.4, -0.2) is 32.7 Å². The number of hydrogen-bond donors (Lipinski definition) is 1. The quantitative estimate of drug-likeness (QED) is 0.510. The lowest BCUT2D eigenvalue weighted by Gasteiger charge is -2.05. The minimum atomic E-state index is -0.578. The number of ether oxygens (including phenoxy) is 2.